The van der Waals surface area contributed by atoms with Gasteiger partial charge in [-0.05, 0) is 37.0 Å². The molecule has 1 aromatic rings. The predicted octanol–water partition coefficient (Wildman–Crippen LogP) is 2.63. The number of benzene rings is 1. The molecule has 1 fully saturated rings. The second kappa shape index (κ2) is 11.6. The van der Waals surface area contributed by atoms with Gasteiger partial charge in [-0.1, -0.05) is 6.07 Å². The fourth-order valence-electron chi connectivity index (χ4n) is 3.14. The Morgan fingerprint density at radius 3 is 2.81 bits per heavy atom. The van der Waals surface area contributed by atoms with Crippen molar-refractivity contribution in [1.29, 1.82) is 0 Å². The highest BCUT2D eigenvalue weighted by Crippen LogP contribution is 2.32. The molecule has 2 aliphatic heterocycles. The minimum atomic E-state index is 0. The first kappa shape index (κ1) is 22.0. The second-order valence-electron chi connectivity index (χ2n) is 6.55. The molecule has 7 nitrogen and oxygen atoms in total. The van der Waals surface area contributed by atoms with Gasteiger partial charge in [0, 0.05) is 47.0 Å². The van der Waals surface area contributed by atoms with Crippen LogP contribution in [0, 0.1) is 0 Å². The van der Waals surface area contributed by atoms with E-state index in [0.717, 1.165) is 75.2 Å². The summed E-state index contributed by atoms with van der Waals surface area (Å²) in [6, 6.07) is 6.03. The molecule has 0 atom stereocenters. The second-order valence-corrected chi connectivity index (χ2v) is 6.55. The van der Waals surface area contributed by atoms with Crippen molar-refractivity contribution < 1.29 is 18.9 Å². The van der Waals surface area contributed by atoms with E-state index in [1.165, 1.54) is 0 Å². The molecule has 0 radical (unpaired) electrons. The Kier molecular flexibility index (Phi) is 9.43. The van der Waals surface area contributed by atoms with Crippen molar-refractivity contribution in [1.82, 2.24) is 10.2 Å². The van der Waals surface area contributed by atoms with Crippen LogP contribution >= 0.6 is 24.0 Å². The molecule has 1 aromatic carbocycles. The Morgan fingerprint density at radius 2 is 2.04 bits per heavy atom. The maximum absolute atomic E-state index is 5.90. The number of fused-ring (bicyclic) bond motifs is 1. The topological polar surface area (TPSA) is 64.6 Å². The van der Waals surface area contributed by atoms with Crippen molar-refractivity contribution in [2.24, 2.45) is 4.99 Å². The third kappa shape index (κ3) is 6.69. The zero-order valence-electron chi connectivity index (χ0n) is 16.1. The lowest BCUT2D eigenvalue weighted by Gasteiger charge is -2.24. The van der Waals surface area contributed by atoms with E-state index < -0.39 is 0 Å². The van der Waals surface area contributed by atoms with Gasteiger partial charge in [-0.15, -0.1) is 24.0 Å². The predicted molar refractivity (Wildman–Crippen MR) is 115 cm³/mol. The molecule has 0 amide bonds. The summed E-state index contributed by atoms with van der Waals surface area (Å²) in [4.78, 5) is 6.46. The minimum Gasteiger partial charge on any atom is -0.454 e. The number of hydrogen-bond donors (Lipinski definition) is 1. The average Bonchev–Trinajstić information content (AvgIpc) is 3.13. The number of guanidine groups is 1. The molecule has 0 spiro atoms. The number of ether oxygens (including phenoxy) is 4. The van der Waals surface area contributed by atoms with Crippen molar-refractivity contribution in [3.63, 3.8) is 0 Å². The van der Waals surface area contributed by atoms with Gasteiger partial charge in [-0.25, -0.2) is 0 Å². The highest BCUT2D eigenvalue weighted by atomic mass is 127. The van der Waals surface area contributed by atoms with Crippen molar-refractivity contribution in [2.45, 2.75) is 31.9 Å². The summed E-state index contributed by atoms with van der Waals surface area (Å²) in [5.41, 5.74) is 1.16. The van der Waals surface area contributed by atoms with E-state index in [1.807, 2.05) is 19.2 Å². The molecule has 0 saturated carbocycles. The van der Waals surface area contributed by atoms with Crippen molar-refractivity contribution >= 4 is 29.9 Å². The van der Waals surface area contributed by atoms with Crippen LogP contribution < -0.4 is 14.8 Å². The van der Waals surface area contributed by atoms with Crippen LogP contribution in [0.3, 0.4) is 0 Å². The van der Waals surface area contributed by atoms with Gasteiger partial charge in [0.25, 0.3) is 0 Å². The van der Waals surface area contributed by atoms with Crippen LogP contribution in [-0.2, 0) is 16.0 Å². The highest BCUT2D eigenvalue weighted by molar-refractivity contribution is 14.0. The van der Waals surface area contributed by atoms with Gasteiger partial charge in [0.2, 0.25) is 6.79 Å². The molecule has 1 N–H and O–H groups in total. The van der Waals surface area contributed by atoms with Gasteiger partial charge >= 0.3 is 0 Å². The lowest BCUT2D eigenvalue weighted by atomic mass is 10.1. The van der Waals surface area contributed by atoms with Crippen LogP contribution in [0.15, 0.2) is 23.2 Å². The molecule has 0 bridgehead atoms. The molecule has 8 heteroatoms. The van der Waals surface area contributed by atoms with E-state index in [4.69, 9.17) is 18.9 Å². The van der Waals surface area contributed by atoms with E-state index in [1.54, 1.807) is 7.05 Å². The maximum atomic E-state index is 5.90. The standard InChI is InChI=1S/C19H29N3O4.HI/c1-20-19(21-8-3-9-24-16-6-10-23-11-7-16)22(2)13-15-4-5-17-18(12-15)26-14-25-17;/h4-5,12,16H,3,6-11,13-14H2,1-2H3,(H,20,21);1H. The van der Waals surface area contributed by atoms with Crippen LogP contribution in [-0.4, -0.2) is 64.2 Å². The summed E-state index contributed by atoms with van der Waals surface area (Å²) in [6.45, 7) is 4.28. The number of nitrogens with zero attached hydrogens (tertiary/aromatic N) is 2. The van der Waals surface area contributed by atoms with E-state index in [2.05, 4.69) is 21.3 Å². The van der Waals surface area contributed by atoms with Crippen LogP contribution in [0.1, 0.15) is 24.8 Å². The molecular formula is C19H30IN3O4. The fourth-order valence-corrected chi connectivity index (χ4v) is 3.14. The largest absolute Gasteiger partial charge is 0.454 e. The van der Waals surface area contributed by atoms with Crippen LogP contribution in [0.4, 0.5) is 0 Å². The number of hydrogen-bond acceptors (Lipinski definition) is 5. The summed E-state index contributed by atoms with van der Waals surface area (Å²) in [6.07, 6.45) is 3.33. The number of rotatable bonds is 7. The molecule has 0 aromatic heterocycles. The molecule has 0 unspecified atom stereocenters. The molecule has 152 valence electrons. The molecule has 2 heterocycles. The minimum absolute atomic E-state index is 0. The molecule has 1 saturated heterocycles. The lowest BCUT2D eigenvalue weighted by molar-refractivity contribution is -0.0320. The Bertz CT molecular complexity index is 609. The van der Waals surface area contributed by atoms with Gasteiger partial charge in [0.1, 0.15) is 0 Å². The van der Waals surface area contributed by atoms with Gasteiger partial charge in [-0.2, -0.15) is 0 Å². The van der Waals surface area contributed by atoms with Gasteiger partial charge in [-0.3, -0.25) is 4.99 Å². The van der Waals surface area contributed by atoms with Crippen molar-refractivity contribution in [3.8, 4) is 11.5 Å². The zero-order chi connectivity index (χ0) is 18.2. The molecule has 0 aliphatic carbocycles. The summed E-state index contributed by atoms with van der Waals surface area (Å²) in [5, 5.41) is 3.39. The van der Waals surface area contributed by atoms with Gasteiger partial charge < -0.3 is 29.2 Å². The maximum Gasteiger partial charge on any atom is 0.231 e. The summed E-state index contributed by atoms with van der Waals surface area (Å²) >= 11 is 0. The van der Waals surface area contributed by atoms with E-state index in [0.29, 0.717) is 12.9 Å². The van der Waals surface area contributed by atoms with Crippen molar-refractivity contribution in [3.05, 3.63) is 23.8 Å². The average molecular weight is 491 g/mol. The van der Waals surface area contributed by atoms with Crippen LogP contribution in [0.2, 0.25) is 0 Å². The van der Waals surface area contributed by atoms with E-state index in [9.17, 15) is 0 Å². The quantitative estimate of drug-likeness (QED) is 0.274. The van der Waals surface area contributed by atoms with E-state index >= 15 is 0 Å². The molecule has 27 heavy (non-hydrogen) atoms. The number of aliphatic imine (C=N–C) groups is 1. The van der Waals surface area contributed by atoms with Crippen LogP contribution in [0.25, 0.3) is 0 Å². The van der Waals surface area contributed by atoms with Gasteiger partial charge in [0.15, 0.2) is 17.5 Å². The first-order valence-electron chi connectivity index (χ1n) is 9.26. The molecule has 3 rings (SSSR count). The molecule has 2 aliphatic rings. The first-order chi connectivity index (χ1) is 12.8. The lowest BCUT2D eigenvalue weighted by Crippen LogP contribution is -2.39. The van der Waals surface area contributed by atoms with E-state index in [-0.39, 0.29) is 24.0 Å². The van der Waals surface area contributed by atoms with Crippen molar-refractivity contribution in [2.75, 3.05) is 47.3 Å². The Morgan fingerprint density at radius 1 is 1.26 bits per heavy atom. The summed E-state index contributed by atoms with van der Waals surface area (Å²) < 4.78 is 22.0. The fraction of sp³-hybridized carbons (Fsp3) is 0.632. The van der Waals surface area contributed by atoms with Gasteiger partial charge in [0.05, 0.1) is 6.10 Å². The normalized spacial score (nSPS) is 16.7. The number of nitrogens with one attached hydrogen (secondary N) is 1. The molecular weight excluding hydrogens is 461 g/mol. The summed E-state index contributed by atoms with van der Waals surface area (Å²) in [5.74, 6) is 2.49. The zero-order valence-corrected chi connectivity index (χ0v) is 18.4. The van der Waals surface area contributed by atoms with Crippen LogP contribution in [0.5, 0.6) is 11.5 Å². The number of halogens is 1. The Labute approximate surface area is 178 Å². The third-order valence-electron chi connectivity index (χ3n) is 4.56. The monoisotopic (exact) mass is 491 g/mol. The smallest absolute Gasteiger partial charge is 0.231 e. The first-order valence-corrected chi connectivity index (χ1v) is 9.26. The highest BCUT2D eigenvalue weighted by Gasteiger charge is 2.15. The Balaban J connectivity index is 0.00000261. The Hall–Kier alpha value is -1.26. The SMILES string of the molecule is CN=C(NCCCOC1CCOCC1)N(C)Cc1ccc2c(c1)OCO2.I. The third-order valence-corrected chi connectivity index (χ3v) is 4.56. The summed E-state index contributed by atoms with van der Waals surface area (Å²) in [7, 11) is 3.83.